The summed E-state index contributed by atoms with van der Waals surface area (Å²) in [6.07, 6.45) is 0. The van der Waals surface area contributed by atoms with Crippen LogP contribution in [0.2, 0.25) is 0 Å². The average molecular weight is 483 g/mol. The number of nitrogens with zero attached hydrogens (tertiary/aromatic N) is 2. The molecule has 3 heterocycles. The molecule has 0 bridgehead atoms. The lowest BCUT2D eigenvalue weighted by Gasteiger charge is -2.31. The Kier molecular flexibility index (Phi) is 5.86. The van der Waals surface area contributed by atoms with E-state index < -0.39 is 6.04 Å². The molecule has 36 heavy (non-hydrogen) atoms. The van der Waals surface area contributed by atoms with Crippen molar-refractivity contribution in [1.29, 1.82) is 0 Å². The van der Waals surface area contributed by atoms with Crippen molar-refractivity contribution in [3.63, 3.8) is 0 Å². The normalized spacial score (nSPS) is 18.5. The Bertz CT molecular complexity index is 1500. The highest BCUT2D eigenvalue weighted by Gasteiger charge is 2.42. The van der Waals surface area contributed by atoms with Gasteiger partial charge in [0.2, 0.25) is 5.76 Å². The minimum absolute atomic E-state index is 0.128. The van der Waals surface area contributed by atoms with E-state index in [4.69, 9.17) is 9.15 Å². The third-order valence-electron chi connectivity index (χ3n) is 7.54. The third-order valence-corrected chi connectivity index (χ3v) is 7.54. The van der Waals surface area contributed by atoms with E-state index in [1.54, 1.807) is 0 Å². The molecule has 0 radical (unpaired) electrons. The van der Waals surface area contributed by atoms with Crippen molar-refractivity contribution in [2.75, 3.05) is 39.4 Å². The molecule has 1 unspecified atom stereocenters. The van der Waals surface area contributed by atoms with Gasteiger partial charge in [-0.2, -0.15) is 0 Å². The molecule has 1 saturated heterocycles. The minimum atomic E-state index is -0.470. The van der Waals surface area contributed by atoms with Crippen molar-refractivity contribution in [3.8, 4) is 0 Å². The zero-order chi connectivity index (χ0) is 24.8. The molecule has 3 aromatic carbocycles. The number of fused-ring (bicyclic) bond motifs is 4. The van der Waals surface area contributed by atoms with Crippen LogP contribution in [0.4, 0.5) is 0 Å². The van der Waals surface area contributed by atoms with Crippen molar-refractivity contribution in [2.45, 2.75) is 25.8 Å². The van der Waals surface area contributed by atoms with Crippen LogP contribution >= 0.6 is 0 Å². The van der Waals surface area contributed by atoms with Crippen LogP contribution in [0.3, 0.4) is 0 Å². The third kappa shape index (κ3) is 3.81. The summed E-state index contributed by atoms with van der Waals surface area (Å²) in [6, 6.07) is 19.4. The molecule has 1 amide bonds. The lowest BCUT2D eigenvalue weighted by Crippen LogP contribution is -2.42. The highest BCUT2D eigenvalue weighted by molar-refractivity contribution is 6.06. The molecule has 0 saturated carbocycles. The first-order valence-corrected chi connectivity index (χ1v) is 12.7. The van der Waals surface area contributed by atoms with Gasteiger partial charge in [0.15, 0.2) is 5.43 Å². The van der Waals surface area contributed by atoms with Gasteiger partial charge in [0.25, 0.3) is 5.91 Å². The number of amides is 1. The summed E-state index contributed by atoms with van der Waals surface area (Å²) in [5, 5.41) is 2.33. The van der Waals surface area contributed by atoms with Crippen molar-refractivity contribution < 1.29 is 13.9 Å². The van der Waals surface area contributed by atoms with Gasteiger partial charge in [0, 0.05) is 31.6 Å². The number of morpholine rings is 1. The highest BCUT2D eigenvalue weighted by atomic mass is 16.5. The van der Waals surface area contributed by atoms with E-state index >= 15 is 0 Å². The summed E-state index contributed by atoms with van der Waals surface area (Å²) >= 11 is 0. The molecular weight excluding hydrogens is 452 g/mol. The molecule has 6 heteroatoms. The first-order valence-electron chi connectivity index (χ1n) is 12.7. The maximum atomic E-state index is 14.0. The molecule has 6 nitrogen and oxygen atoms in total. The van der Waals surface area contributed by atoms with E-state index in [1.807, 2.05) is 53.4 Å². The van der Waals surface area contributed by atoms with Crippen molar-refractivity contribution >= 4 is 27.6 Å². The van der Waals surface area contributed by atoms with Gasteiger partial charge in [0.1, 0.15) is 5.58 Å². The minimum Gasteiger partial charge on any atom is -0.450 e. The predicted molar refractivity (Wildman–Crippen MR) is 141 cm³/mol. The highest BCUT2D eigenvalue weighted by Crippen LogP contribution is 2.39. The summed E-state index contributed by atoms with van der Waals surface area (Å²) in [7, 11) is 0. The second-order valence-electron chi connectivity index (χ2n) is 10.0. The Balaban J connectivity index is 1.49. The fraction of sp³-hybridized carbons (Fsp3) is 0.333. The van der Waals surface area contributed by atoms with Gasteiger partial charge in [0.05, 0.1) is 30.2 Å². The fourth-order valence-corrected chi connectivity index (χ4v) is 5.46. The number of carbonyl (C=O) groups excluding carboxylic acids is 1. The number of benzene rings is 3. The maximum Gasteiger partial charge on any atom is 0.290 e. The van der Waals surface area contributed by atoms with Gasteiger partial charge in [-0.1, -0.05) is 68.4 Å². The topological polar surface area (TPSA) is 63.0 Å². The summed E-state index contributed by atoms with van der Waals surface area (Å²) in [5.74, 6) is 0.350. The van der Waals surface area contributed by atoms with E-state index in [9.17, 15) is 9.59 Å². The quantitative estimate of drug-likeness (QED) is 0.377. The smallest absolute Gasteiger partial charge is 0.290 e. The molecule has 4 aromatic rings. The fourth-order valence-electron chi connectivity index (χ4n) is 5.46. The second-order valence-corrected chi connectivity index (χ2v) is 10.0. The molecule has 1 atom stereocenters. The number of carbonyl (C=O) groups is 1. The Hall–Kier alpha value is -3.48. The van der Waals surface area contributed by atoms with Gasteiger partial charge in [-0.15, -0.1) is 0 Å². The van der Waals surface area contributed by atoms with E-state index in [0.717, 1.165) is 36.0 Å². The van der Waals surface area contributed by atoms with Gasteiger partial charge < -0.3 is 14.1 Å². The van der Waals surface area contributed by atoms with Crippen molar-refractivity contribution in [1.82, 2.24) is 9.80 Å². The Morgan fingerprint density at radius 1 is 0.889 bits per heavy atom. The Morgan fingerprint density at radius 2 is 1.64 bits per heavy atom. The maximum absolute atomic E-state index is 14.0. The summed E-state index contributed by atoms with van der Waals surface area (Å²) in [6.45, 7) is 8.63. The second kappa shape index (κ2) is 9.19. The molecule has 1 fully saturated rings. The van der Waals surface area contributed by atoms with Gasteiger partial charge in [-0.05, 0) is 28.5 Å². The van der Waals surface area contributed by atoms with E-state index in [-0.39, 0.29) is 17.1 Å². The van der Waals surface area contributed by atoms with Crippen LogP contribution in [0.25, 0.3) is 21.7 Å². The predicted octanol–water partition coefficient (Wildman–Crippen LogP) is 4.95. The lowest BCUT2D eigenvalue weighted by molar-refractivity contribution is 0.0314. The molecule has 184 valence electrons. The van der Waals surface area contributed by atoms with Crippen LogP contribution in [0.5, 0.6) is 0 Å². The standard InChI is InChI=1S/C30H30N2O4/c1-19(2)20-7-9-22(10-8-20)26-25-27(33)24-12-11-21-5-3-4-6-23(21)28(24)36-29(25)30(34)32(26)14-13-31-15-17-35-18-16-31/h3-12,19,26H,13-18H2,1-2H3. The van der Waals surface area contributed by atoms with E-state index in [0.29, 0.717) is 42.2 Å². The molecule has 2 aliphatic heterocycles. The summed E-state index contributed by atoms with van der Waals surface area (Å²) in [5.41, 5.74) is 2.95. The SMILES string of the molecule is CC(C)c1ccc(C2c3c(oc4c(ccc5ccccc54)c3=O)C(=O)N2CCN2CCOCC2)cc1. The Labute approximate surface area is 210 Å². The molecule has 2 aliphatic rings. The van der Waals surface area contributed by atoms with Crippen molar-refractivity contribution in [3.05, 3.63) is 93.3 Å². The van der Waals surface area contributed by atoms with Gasteiger partial charge in [-0.25, -0.2) is 0 Å². The summed E-state index contributed by atoms with van der Waals surface area (Å²) < 4.78 is 11.8. The largest absolute Gasteiger partial charge is 0.450 e. The van der Waals surface area contributed by atoms with Crippen LogP contribution in [0.15, 0.2) is 69.9 Å². The van der Waals surface area contributed by atoms with E-state index in [2.05, 4.69) is 30.9 Å². The molecule has 0 spiro atoms. The van der Waals surface area contributed by atoms with Crippen LogP contribution < -0.4 is 5.43 Å². The average Bonchev–Trinajstić information content (AvgIpc) is 3.19. The van der Waals surface area contributed by atoms with Crippen LogP contribution in [0, 0.1) is 0 Å². The van der Waals surface area contributed by atoms with Gasteiger partial charge >= 0.3 is 0 Å². The number of hydrogen-bond acceptors (Lipinski definition) is 5. The van der Waals surface area contributed by atoms with Gasteiger partial charge in [-0.3, -0.25) is 14.5 Å². The van der Waals surface area contributed by atoms with E-state index in [1.165, 1.54) is 5.56 Å². The number of hydrogen-bond donors (Lipinski definition) is 0. The molecule has 1 aromatic heterocycles. The van der Waals surface area contributed by atoms with Crippen molar-refractivity contribution in [2.24, 2.45) is 0 Å². The first kappa shape index (κ1) is 23.0. The molecule has 0 N–H and O–H groups in total. The molecular formula is C30H30N2O4. The summed E-state index contributed by atoms with van der Waals surface area (Å²) in [4.78, 5) is 31.9. The Morgan fingerprint density at radius 3 is 2.39 bits per heavy atom. The zero-order valence-corrected chi connectivity index (χ0v) is 20.7. The molecule has 6 rings (SSSR count). The number of rotatable bonds is 5. The molecule has 0 aliphatic carbocycles. The monoisotopic (exact) mass is 482 g/mol. The van der Waals surface area contributed by atoms with Crippen LogP contribution in [0.1, 0.15) is 53.1 Å². The first-order chi connectivity index (χ1) is 17.5. The lowest BCUT2D eigenvalue weighted by atomic mass is 9.95. The zero-order valence-electron chi connectivity index (χ0n) is 20.7. The van der Waals surface area contributed by atoms with Crippen LogP contribution in [-0.2, 0) is 4.74 Å². The van der Waals surface area contributed by atoms with Crippen LogP contribution in [-0.4, -0.2) is 55.1 Å². The number of ether oxygens (including phenoxy) is 1.